The van der Waals surface area contributed by atoms with Crippen LogP contribution in [0.1, 0.15) is 41.2 Å². The maximum Gasteiger partial charge on any atom is 0.191 e. The van der Waals surface area contributed by atoms with Gasteiger partial charge in [-0.3, -0.25) is 4.79 Å². The van der Waals surface area contributed by atoms with Crippen molar-refractivity contribution >= 4 is 17.5 Å². The fraction of sp³-hybridized carbons (Fsp3) is 0.261. The second-order valence-electron chi connectivity index (χ2n) is 6.56. The van der Waals surface area contributed by atoms with Crippen molar-refractivity contribution in [3.05, 3.63) is 83.7 Å². The Balaban J connectivity index is 1.82. The number of aromatic nitrogens is 3. The van der Waals surface area contributed by atoms with Gasteiger partial charge >= 0.3 is 0 Å². The van der Waals surface area contributed by atoms with Crippen LogP contribution >= 0.6 is 11.8 Å². The maximum atomic E-state index is 11.8. The summed E-state index contributed by atoms with van der Waals surface area (Å²) >= 11 is 1.58. The van der Waals surface area contributed by atoms with Gasteiger partial charge in [-0.05, 0) is 37.6 Å². The first-order chi connectivity index (χ1) is 14.1. The molecule has 0 aliphatic rings. The van der Waals surface area contributed by atoms with Gasteiger partial charge in [-0.15, -0.1) is 16.8 Å². The highest BCUT2D eigenvalue weighted by Crippen LogP contribution is 2.29. The third-order valence-corrected chi connectivity index (χ3v) is 5.45. The summed E-state index contributed by atoms with van der Waals surface area (Å²) in [6.45, 7) is 8.61. The van der Waals surface area contributed by atoms with Crippen LogP contribution in [0, 0.1) is 0 Å². The van der Waals surface area contributed by atoms with Crippen molar-refractivity contribution in [3.8, 4) is 5.75 Å². The molecule has 1 aromatic heterocycles. The molecule has 150 valence electrons. The molecule has 3 aromatic rings. The van der Waals surface area contributed by atoms with E-state index in [-0.39, 0.29) is 5.78 Å². The van der Waals surface area contributed by atoms with E-state index in [4.69, 9.17) is 4.74 Å². The Bertz CT molecular complexity index is 983. The van der Waals surface area contributed by atoms with Gasteiger partial charge in [0.05, 0.1) is 6.61 Å². The molecule has 0 radical (unpaired) electrons. The summed E-state index contributed by atoms with van der Waals surface area (Å²) in [4.78, 5) is 11.8. The van der Waals surface area contributed by atoms with Crippen LogP contribution in [0.5, 0.6) is 5.75 Å². The number of ether oxygens (including phenoxy) is 1. The fourth-order valence-electron chi connectivity index (χ4n) is 3.00. The molecule has 0 aliphatic heterocycles. The average Bonchev–Trinajstić information content (AvgIpc) is 3.09. The Labute approximate surface area is 175 Å². The molecule has 0 saturated carbocycles. The van der Waals surface area contributed by atoms with Crippen LogP contribution in [-0.4, -0.2) is 27.2 Å². The molecule has 2 aromatic carbocycles. The number of ketones is 1. The fourth-order valence-corrected chi connectivity index (χ4v) is 3.94. The standard InChI is InChI=1S/C23H25N3O2S/c1-4-13-26-22(14-18-9-7-6-8-10-18)24-25-23(26)29-16-20-15-19(17(3)27)11-12-21(20)28-5-2/h4,6-12,15H,1,5,13-14,16H2,2-3H3. The highest BCUT2D eigenvalue weighted by atomic mass is 32.2. The van der Waals surface area contributed by atoms with Crippen LogP contribution in [0.3, 0.4) is 0 Å². The molecule has 0 atom stereocenters. The summed E-state index contributed by atoms with van der Waals surface area (Å²) in [5.41, 5.74) is 2.85. The van der Waals surface area contributed by atoms with Gasteiger partial charge in [0.1, 0.15) is 11.6 Å². The lowest BCUT2D eigenvalue weighted by Crippen LogP contribution is -2.05. The predicted octanol–water partition coefficient (Wildman–Crippen LogP) is 4.95. The monoisotopic (exact) mass is 407 g/mol. The minimum atomic E-state index is 0.0410. The highest BCUT2D eigenvalue weighted by molar-refractivity contribution is 7.98. The molecule has 0 unspecified atom stereocenters. The number of carbonyl (C=O) groups excluding carboxylic acids is 1. The van der Waals surface area contributed by atoms with E-state index in [1.165, 1.54) is 5.56 Å². The lowest BCUT2D eigenvalue weighted by atomic mass is 10.1. The Kier molecular flexibility index (Phi) is 7.25. The van der Waals surface area contributed by atoms with E-state index in [1.54, 1.807) is 24.8 Å². The molecule has 0 spiro atoms. The molecule has 6 heteroatoms. The van der Waals surface area contributed by atoms with E-state index in [0.717, 1.165) is 22.3 Å². The minimum absolute atomic E-state index is 0.0410. The van der Waals surface area contributed by atoms with Crippen molar-refractivity contribution in [3.63, 3.8) is 0 Å². The predicted molar refractivity (Wildman–Crippen MR) is 117 cm³/mol. The Hall–Kier alpha value is -2.86. The molecule has 0 fully saturated rings. The van der Waals surface area contributed by atoms with Gasteiger partial charge in [0.2, 0.25) is 0 Å². The van der Waals surface area contributed by atoms with Gasteiger partial charge < -0.3 is 9.30 Å². The summed E-state index contributed by atoms with van der Waals surface area (Å²) in [5, 5.41) is 9.63. The number of Topliss-reactive ketones (excluding diaryl/α,β-unsaturated/α-hetero) is 1. The number of thioether (sulfide) groups is 1. The maximum absolute atomic E-state index is 11.8. The molecule has 0 aliphatic carbocycles. The van der Waals surface area contributed by atoms with Crippen LogP contribution < -0.4 is 4.74 Å². The largest absolute Gasteiger partial charge is 0.494 e. The zero-order valence-corrected chi connectivity index (χ0v) is 17.6. The normalized spacial score (nSPS) is 10.7. The second kappa shape index (κ2) is 10.1. The zero-order chi connectivity index (χ0) is 20.6. The Morgan fingerprint density at radius 1 is 1.21 bits per heavy atom. The Morgan fingerprint density at radius 2 is 2.00 bits per heavy atom. The molecule has 0 saturated heterocycles. The van der Waals surface area contributed by atoms with E-state index in [2.05, 4.69) is 33.5 Å². The van der Waals surface area contributed by atoms with Gasteiger partial charge in [0.15, 0.2) is 10.9 Å². The van der Waals surface area contributed by atoms with Crippen LogP contribution in [0.25, 0.3) is 0 Å². The van der Waals surface area contributed by atoms with Crippen molar-refractivity contribution in [1.82, 2.24) is 14.8 Å². The number of allylic oxidation sites excluding steroid dienone is 1. The van der Waals surface area contributed by atoms with E-state index in [0.29, 0.717) is 30.9 Å². The number of hydrogen-bond acceptors (Lipinski definition) is 5. The van der Waals surface area contributed by atoms with E-state index in [9.17, 15) is 4.79 Å². The summed E-state index contributed by atoms with van der Waals surface area (Å²) in [7, 11) is 0. The van der Waals surface area contributed by atoms with Crippen molar-refractivity contribution in [1.29, 1.82) is 0 Å². The van der Waals surface area contributed by atoms with Crippen molar-refractivity contribution < 1.29 is 9.53 Å². The molecule has 0 amide bonds. The third kappa shape index (κ3) is 5.35. The lowest BCUT2D eigenvalue weighted by molar-refractivity contribution is 0.101. The van der Waals surface area contributed by atoms with Crippen LogP contribution in [-0.2, 0) is 18.7 Å². The summed E-state index contributed by atoms with van der Waals surface area (Å²) in [6, 6.07) is 15.8. The quantitative estimate of drug-likeness (QED) is 0.270. The molecule has 29 heavy (non-hydrogen) atoms. The van der Waals surface area contributed by atoms with Crippen LogP contribution in [0.2, 0.25) is 0 Å². The third-order valence-electron chi connectivity index (χ3n) is 4.43. The van der Waals surface area contributed by atoms with Gasteiger partial charge in [-0.2, -0.15) is 0 Å². The van der Waals surface area contributed by atoms with E-state index < -0.39 is 0 Å². The van der Waals surface area contributed by atoms with Gasteiger partial charge in [0, 0.05) is 29.8 Å². The summed E-state index contributed by atoms with van der Waals surface area (Å²) in [5.74, 6) is 2.38. The first kappa shape index (κ1) is 20.9. The van der Waals surface area contributed by atoms with Gasteiger partial charge in [-0.25, -0.2) is 0 Å². The zero-order valence-electron chi connectivity index (χ0n) is 16.8. The van der Waals surface area contributed by atoms with Crippen molar-refractivity contribution in [2.24, 2.45) is 0 Å². The van der Waals surface area contributed by atoms with Crippen molar-refractivity contribution in [2.75, 3.05) is 6.61 Å². The second-order valence-corrected chi connectivity index (χ2v) is 7.50. The first-order valence-electron chi connectivity index (χ1n) is 9.58. The topological polar surface area (TPSA) is 57.0 Å². The van der Waals surface area contributed by atoms with Crippen LogP contribution in [0.4, 0.5) is 0 Å². The summed E-state index contributed by atoms with van der Waals surface area (Å²) in [6.07, 6.45) is 2.57. The Morgan fingerprint density at radius 3 is 2.69 bits per heavy atom. The summed E-state index contributed by atoms with van der Waals surface area (Å²) < 4.78 is 7.82. The SMILES string of the molecule is C=CCn1c(Cc2ccccc2)nnc1SCc1cc(C(C)=O)ccc1OCC. The number of benzene rings is 2. The molecule has 3 rings (SSSR count). The minimum Gasteiger partial charge on any atom is -0.494 e. The first-order valence-corrected chi connectivity index (χ1v) is 10.6. The van der Waals surface area contributed by atoms with Crippen LogP contribution in [0.15, 0.2) is 66.3 Å². The molecule has 5 nitrogen and oxygen atoms in total. The number of hydrogen-bond donors (Lipinski definition) is 0. The molecular formula is C23H25N3O2S. The molecule has 0 N–H and O–H groups in total. The van der Waals surface area contributed by atoms with Crippen molar-refractivity contribution in [2.45, 2.75) is 37.7 Å². The van der Waals surface area contributed by atoms with E-state index >= 15 is 0 Å². The number of carbonyl (C=O) groups is 1. The number of rotatable bonds is 10. The smallest absolute Gasteiger partial charge is 0.191 e. The molecule has 1 heterocycles. The highest BCUT2D eigenvalue weighted by Gasteiger charge is 2.14. The lowest BCUT2D eigenvalue weighted by Gasteiger charge is -2.12. The molecule has 0 bridgehead atoms. The van der Waals surface area contributed by atoms with E-state index in [1.807, 2.05) is 43.3 Å². The van der Waals surface area contributed by atoms with Gasteiger partial charge in [0.25, 0.3) is 0 Å². The number of nitrogens with zero attached hydrogens (tertiary/aromatic N) is 3. The van der Waals surface area contributed by atoms with Gasteiger partial charge in [-0.1, -0.05) is 48.2 Å². The molecular weight excluding hydrogens is 382 g/mol. The average molecular weight is 408 g/mol.